The molecule has 2 fully saturated rings. The summed E-state index contributed by atoms with van der Waals surface area (Å²) in [7, 11) is 0. The third kappa shape index (κ3) is 2.65. The molecule has 0 spiro atoms. The summed E-state index contributed by atoms with van der Waals surface area (Å²) in [4.78, 5) is 14.8. The lowest BCUT2D eigenvalue weighted by Crippen LogP contribution is -2.53. The van der Waals surface area contributed by atoms with Gasteiger partial charge in [-0.3, -0.25) is 4.79 Å². The Hall–Kier alpha value is -1.74. The second-order valence-electron chi connectivity index (χ2n) is 6.97. The fraction of sp³-hybridized carbons (Fsp3) is 0.450. The molecule has 1 amide bonds. The molecule has 1 aliphatic heterocycles. The summed E-state index contributed by atoms with van der Waals surface area (Å²) in [5, 5.41) is 0. The maximum Gasteiger partial charge on any atom is 0.290 e. The number of hydrogen-bond acceptors (Lipinski definition) is 2. The Bertz CT molecular complexity index is 700. The quantitative estimate of drug-likeness (QED) is 0.716. The fourth-order valence-electron chi connectivity index (χ4n) is 4.47. The van der Waals surface area contributed by atoms with Crippen molar-refractivity contribution >= 4 is 17.5 Å². The number of rotatable bonds is 2. The highest BCUT2D eigenvalue weighted by Crippen LogP contribution is 2.52. The summed E-state index contributed by atoms with van der Waals surface area (Å²) in [6.07, 6.45) is 6.91. The zero-order valence-electron chi connectivity index (χ0n) is 13.7. The van der Waals surface area contributed by atoms with Crippen LogP contribution in [-0.2, 0) is 0 Å². The first-order chi connectivity index (χ1) is 11.7. The summed E-state index contributed by atoms with van der Waals surface area (Å²) in [5.74, 6) is 0.676. The minimum Gasteiger partial charge on any atom is -0.459 e. The molecular formula is C20H22ClNO2. The number of alkyl halides is 1. The monoisotopic (exact) mass is 343 g/mol. The highest BCUT2D eigenvalue weighted by atomic mass is 35.5. The Morgan fingerprint density at radius 3 is 2.71 bits per heavy atom. The van der Waals surface area contributed by atoms with Crippen molar-refractivity contribution < 1.29 is 9.21 Å². The number of hydrogen-bond donors (Lipinski definition) is 0. The van der Waals surface area contributed by atoms with Crippen molar-refractivity contribution in [3.8, 4) is 0 Å². The number of carbonyl (C=O) groups excluding carboxylic acids is 1. The van der Waals surface area contributed by atoms with Crippen LogP contribution < -0.4 is 0 Å². The summed E-state index contributed by atoms with van der Waals surface area (Å²) in [6.45, 7) is 0.680. The lowest BCUT2D eigenvalue weighted by molar-refractivity contribution is 0.0255. The number of carbonyl (C=O) groups is 1. The third-order valence-corrected chi connectivity index (χ3v) is 6.30. The minimum atomic E-state index is -0.182. The van der Waals surface area contributed by atoms with Gasteiger partial charge in [0, 0.05) is 12.5 Å². The van der Waals surface area contributed by atoms with Crippen LogP contribution in [0.3, 0.4) is 0 Å². The van der Waals surface area contributed by atoms with Crippen LogP contribution in [0, 0.1) is 5.92 Å². The molecule has 2 heterocycles. The van der Waals surface area contributed by atoms with Crippen LogP contribution in [0.5, 0.6) is 0 Å². The van der Waals surface area contributed by atoms with Crippen LogP contribution in [0.25, 0.3) is 0 Å². The highest BCUT2D eigenvalue weighted by Gasteiger charge is 2.50. The van der Waals surface area contributed by atoms with Crippen LogP contribution in [0.1, 0.15) is 54.3 Å². The maximum absolute atomic E-state index is 13.0. The molecule has 0 radical (unpaired) electrons. The Morgan fingerprint density at radius 1 is 1.12 bits per heavy atom. The van der Waals surface area contributed by atoms with Gasteiger partial charge in [0.15, 0.2) is 5.76 Å². The van der Waals surface area contributed by atoms with Crippen LogP contribution in [-0.4, -0.2) is 22.2 Å². The Balaban J connectivity index is 1.74. The molecule has 4 heteroatoms. The molecule has 1 aromatic heterocycles. The molecule has 1 saturated heterocycles. The van der Waals surface area contributed by atoms with Gasteiger partial charge in [-0.2, -0.15) is 0 Å². The van der Waals surface area contributed by atoms with E-state index in [-0.39, 0.29) is 16.8 Å². The molecule has 2 aliphatic rings. The van der Waals surface area contributed by atoms with Crippen LogP contribution in [0.2, 0.25) is 0 Å². The van der Waals surface area contributed by atoms with Crippen molar-refractivity contribution in [3.63, 3.8) is 0 Å². The minimum absolute atomic E-state index is 0.0235. The number of fused-ring (bicyclic) bond motifs is 1. The van der Waals surface area contributed by atoms with Crippen molar-refractivity contribution in [2.45, 2.75) is 43.0 Å². The molecule has 4 rings (SSSR count). The van der Waals surface area contributed by atoms with E-state index in [1.165, 1.54) is 18.4 Å². The Kier molecular flexibility index (Phi) is 4.13. The van der Waals surface area contributed by atoms with E-state index in [4.69, 9.17) is 16.0 Å². The van der Waals surface area contributed by atoms with E-state index < -0.39 is 0 Å². The molecule has 24 heavy (non-hydrogen) atoms. The standard InChI is InChI=1S/C20H22ClNO2/c21-20-11-5-4-9-16(20)18(15-7-2-1-3-8-15)22(13-12-20)19(23)17-10-6-14-24-17/h1-3,6-8,10,14,16,18H,4-5,9,11-13H2/t16-,18-,20+/m1/s1. The Morgan fingerprint density at radius 2 is 1.96 bits per heavy atom. The van der Waals surface area contributed by atoms with Gasteiger partial charge in [-0.15, -0.1) is 11.6 Å². The molecule has 0 N–H and O–H groups in total. The van der Waals surface area contributed by atoms with Gasteiger partial charge in [-0.25, -0.2) is 0 Å². The van der Waals surface area contributed by atoms with Gasteiger partial charge < -0.3 is 9.32 Å². The molecule has 3 atom stereocenters. The third-order valence-electron chi connectivity index (χ3n) is 5.64. The molecule has 1 aromatic carbocycles. The smallest absolute Gasteiger partial charge is 0.290 e. The van der Waals surface area contributed by atoms with Crippen molar-refractivity contribution in [1.29, 1.82) is 0 Å². The average molecular weight is 344 g/mol. The van der Waals surface area contributed by atoms with E-state index in [9.17, 15) is 4.79 Å². The van der Waals surface area contributed by atoms with Crippen LogP contribution in [0.4, 0.5) is 0 Å². The summed E-state index contributed by atoms with van der Waals surface area (Å²) < 4.78 is 5.37. The van der Waals surface area contributed by atoms with Gasteiger partial charge in [-0.05, 0) is 37.0 Å². The number of amides is 1. The zero-order chi connectivity index (χ0) is 16.6. The first kappa shape index (κ1) is 15.8. The van der Waals surface area contributed by atoms with E-state index in [0.717, 1.165) is 19.3 Å². The molecule has 2 aromatic rings. The summed E-state index contributed by atoms with van der Waals surface area (Å²) in [5.41, 5.74) is 1.18. The summed E-state index contributed by atoms with van der Waals surface area (Å²) >= 11 is 7.06. The van der Waals surface area contributed by atoms with Gasteiger partial charge in [0.25, 0.3) is 5.91 Å². The lowest BCUT2D eigenvalue weighted by atomic mass is 9.68. The van der Waals surface area contributed by atoms with E-state index in [2.05, 4.69) is 12.1 Å². The van der Waals surface area contributed by atoms with Gasteiger partial charge in [0.2, 0.25) is 0 Å². The van der Waals surface area contributed by atoms with Gasteiger partial charge in [0.1, 0.15) is 0 Å². The van der Waals surface area contributed by atoms with E-state index >= 15 is 0 Å². The molecule has 0 unspecified atom stereocenters. The molecular weight excluding hydrogens is 322 g/mol. The number of likely N-dealkylation sites (tertiary alicyclic amines) is 1. The number of benzene rings is 1. The molecule has 0 bridgehead atoms. The predicted octanol–water partition coefficient (Wildman–Crippen LogP) is 5.03. The van der Waals surface area contributed by atoms with Crippen LogP contribution >= 0.6 is 11.6 Å². The lowest BCUT2D eigenvalue weighted by Gasteiger charge is -2.52. The SMILES string of the molecule is O=C(c1ccco1)N1CC[C@@]2(Cl)CCCC[C@@H]2[C@H]1c1ccccc1. The van der Waals surface area contributed by atoms with Crippen LogP contribution in [0.15, 0.2) is 53.1 Å². The average Bonchev–Trinajstić information content (AvgIpc) is 3.15. The number of piperidine rings is 1. The topological polar surface area (TPSA) is 33.5 Å². The fourth-order valence-corrected chi connectivity index (χ4v) is 4.92. The summed E-state index contributed by atoms with van der Waals surface area (Å²) in [6, 6.07) is 13.9. The first-order valence-corrected chi connectivity index (χ1v) is 9.15. The normalized spacial score (nSPS) is 30.0. The Labute approximate surface area is 147 Å². The molecule has 3 nitrogen and oxygen atoms in total. The van der Waals surface area contributed by atoms with Gasteiger partial charge in [-0.1, -0.05) is 43.2 Å². The van der Waals surface area contributed by atoms with E-state index in [1.807, 2.05) is 23.1 Å². The second-order valence-corrected chi connectivity index (χ2v) is 7.72. The van der Waals surface area contributed by atoms with Crippen molar-refractivity contribution in [3.05, 3.63) is 60.1 Å². The van der Waals surface area contributed by atoms with Gasteiger partial charge >= 0.3 is 0 Å². The largest absolute Gasteiger partial charge is 0.459 e. The highest BCUT2D eigenvalue weighted by molar-refractivity contribution is 6.24. The predicted molar refractivity (Wildman–Crippen MR) is 94.1 cm³/mol. The van der Waals surface area contributed by atoms with E-state index in [0.29, 0.717) is 18.2 Å². The first-order valence-electron chi connectivity index (χ1n) is 8.77. The van der Waals surface area contributed by atoms with Crippen molar-refractivity contribution in [2.24, 2.45) is 5.92 Å². The van der Waals surface area contributed by atoms with Crippen molar-refractivity contribution in [2.75, 3.05) is 6.54 Å². The van der Waals surface area contributed by atoms with E-state index in [1.54, 1.807) is 18.4 Å². The number of nitrogens with zero attached hydrogens (tertiary/aromatic N) is 1. The molecule has 126 valence electrons. The number of halogens is 1. The second kappa shape index (κ2) is 6.29. The number of furan rings is 1. The zero-order valence-corrected chi connectivity index (χ0v) is 14.4. The van der Waals surface area contributed by atoms with Crippen molar-refractivity contribution in [1.82, 2.24) is 4.90 Å². The molecule has 1 aliphatic carbocycles. The maximum atomic E-state index is 13.0. The van der Waals surface area contributed by atoms with Gasteiger partial charge in [0.05, 0.1) is 17.2 Å². The molecule has 1 saturated carbocycles.